The molecule has 0 aliphatic rings. The van der Waals surface area contributed by atoms with Crippen LogP contribution in [0.1, 0.15) is 6.92 Å². The molecule has 0 fully saturated rings. The van der Waals surface area contributed by atoms with Crippen LogP contribution in [0.4, 0.5) is 0 Å². The largest absolute Gasteiger partial charge is 0.490 e. The van der Waals surface area contributed by atoms with Crippen LogP contribution in [0.15, 0.2) is 30.5 Å². The molecule has 1 aromatic carbocycles. The van der Waals surface area contributed by atoms with Crippen LogP contribution in [0.25, 0.3) is 10.9 Å². The van der Waals surface area contributed by atoms with Crippen molar-refractivity contribution >= 4 is 23.5 Å². The van der Waals surface area contributed by atoms with Crippen molar-refractivity contribution in [1.82, 2.24) is 4.57 Å². The van der Waals surface area contributed by atoms with Gasteiger partial charge in [0.1, 0.15) is 0 Å². The highest BCUT2D eigenvalue weighted by molar-refractivity contribution is 6.61. The molecule has 0 saturated carbocycles. The second-order valence-corrected chi connectivity index (χ2v) is 3.26. The van der Waals surface area contributed by atoms with Crippen molar-refractivity contribution in [3.8, 4) is 0 Å². The maximum absolute atomic E-state index is 9.20. The SMILES string of the molecule is CCn1ccc2cccc(B(O)O)c21. The van der Waals surface area contributed by atoms with Crippen LogP contribution in [0.3, 0.4) is 0 Å². The molecule has 72 valence electrons. The number of aromatic nitrogens is 1. The number of nitrogens with zero attached hydrogens (tertiary/aromatic N) is 1. The van der Waals surface area contributed by atoms with Gasteiger partial charge in [0.25, 0.3) is 0 Å². The molecule has 0 amide bonds. The summed E-state index contributed by atoms with van der Waals surface area (Å²) in [5.41, 5.74) is 1.47. The fraction of sp³-hybridized carbons (Fsp3) is 0.200. The Bertz CT molecular complexity index is 450. The van der Waals surface area contributed by atoms with E-state index >= 15 is 0 Å². The minimum Gasteiger partial charge on any atom is -0.423 e. The molecular formula is C10H12BNO2. The number of para-hydroxylation sites is 1. The van der Waals surface area contributed by atoms with Gasteiger partial charge in [0, 0.05) is 23.7 Å². The lowest BCUT2D eigenvalue weighted by Crippen LogP contribution is -2.31. The van der Waals surface area contributed by atoms with Gasteiger partial charge >= 0.3 is 7.12 Å². The summed E-state index contributed by atoms with van der Waals surface area (Å²) in [5.74, 6) is 0. The van der Waals surface area contributed by atoms with Crippen molar-refractivity contribution in [2.75, 3.05) is 0 Å². The number of aryl methyl sites for hydroxylation is 1. The lowest BCUT2D eigenvalue weighted by molar-refractivity contribution is 0.426. The van der Waals surface area contributed by atoms with Crippen LogP contribution in [-0.2, 0) is 6.54 Å². The molecule has 0 unspecified atom stereocenters. The molecule has 14 heavy (non-hydrogen) atoms. The van der Waals surface area contributed by atoms with Crippen LogP contribution < -0.4 is 5.46 Å². The third kappa shape index (κ3) is 1.33. The van der Waals surface area contributed by atoms with Gasteiger partial charge in [-0.25, -0.2) is 0 Å². The average Bonchev–Trinajstić information content (AvgIpc) is 2.59. The Morgan fingerprint density at radius 3 is 2.71 bits per heavy atom. The van der Waals surface area contributed by atoms with E-state index in [0.29, 0.717) is 5.46 Å². The van der Waals surface area contributed by atoms with E-state index < -0.39 is 7.12 Å². The molecule has 4 heteroatoms. The Morgan fingerprint density at radius 2 is 2.07 bits per heavy atom. The predicted molar refractivity (Wildman–Crippen MR) is 57.4 cm³/mol. The predicted octanol–water partition coefficient (Wildman–Crippen LogP) is 0.341. The monoisotopic (exact) mass is 189 g/mol. The molecule has 0 aliphatic heterocycles. The van der Waals surface area contributed by atoms with E-state index in [1.54, 1.807) is 6.07 Å². The Kier molecular flexibility index (Phi) is 2.31. The summed E-state index contributed by atoms with van der Waals surface area (Å²) in [6.45, 7) is 2.85. The molecule has 2 rings (SSSR count). The Hall–Kier alpha value is -1.26. The number of hydrogen-bond donors (Lipinski definition) is 2. The molecular weight excluding hydrogens is 177 g/mol. The second-order valence-electron chi connectivity index (χ2n) is 3.26. The quantitative estimate of drug-likeness (QED) is 0.669. The van der Waals surface area contributed by atoms with E-state index in [1.165, 1.54) is 0 Å². The minimum absolute atomic E-state index is 0.564. The van der Waals surface area contributed by atoms with Crippen molar-refractivity contribution in [2.45, 2.75) is 13.5 Å². The van der Waals surface area contributed by atoms with E-state index in [1.807, 2.05) is 35.9 Å². The molecule has 1 heterocycles. The normalized spacial score (nSPS) is 10.8. The first-order valence-electron chi connectivity index (χ1n) is 4.68. The molecule has 2 N–H and O–H groups in total. The van der Waals surface area contributed by atoms with Crippen LogP contribution in [0, 0.1) is 0 Å². The van der Waals surface area contributed by atoms with Crippen molar-refractivity contribution in [2.24, 2.45) is 0 Å². The van der Waals surface area contributed by atoms with Gasteiger partial charge < -0.3 is 14.6 Å². The molecule has 0 spiro atoms. The highest BCUT2D eigenvalue weighted by Gasteiger charge is 2.16. The maximum Gasteiger partial charge on any atom is 0.490 e. The molecule has 0 atom stereocenters. The van der Waals surface area contributed by atoms with Gasteiger partial charge in [0.15, 0.2) is 0 Å². The summed E-state index contributed by atoms with van der Waals surface area (Å²) < 4.78 is 2.00. The van der Waals surface area contributed by atoms with Crippen LogP contribution >= 0.6 is 0 Å². The fourth-order valence-corrected chi connectivity index (χ4v) is 1.76. The molecule has 0 saturated heterocycles. The van der Waals surface area contributed by atoms with E-state index in [9.17, 15) is 10.0 Å². The van der Waals surface area contributed by atoms with Gasteiger partial charge in [0.2, 0.25) is 0 Å². The summed E-state index contributed by atoms with van der Waals surface area (Å²) in [6, 6.07) is 7.51. The Balaban J connectivity index is 2.75. The van der Waals surface area contributed by atoms with Crippen molar-refractivity contribution in [1.29, 1.82) is 0 Å². The molecule has 3 nitrogen and oxygen atoms in total. The van der Waals surface area contributed by atoms with Crippen molar-refractivity contribution in [3.63, 3.8) is 0 Å². The Morgan fingerprint density at radius 1 is 1.29 bits per heavy atom. The molecule has 0 aliphatic carbocycles. The molecule has 0 radical (unpaired) electrons. The summed E-state index contributed by atoms with van der Waals surface area (Å²) >= 11 is 0. The topological polar surface area (TPSA) is 45.4 Å². The molecule has 2 aromatic rings. The fourth-order valence-electron chi connectivity index (χ4n) is 1.76. The van der Waals surface area contributed by atoms with E-state index in [-0.39, 0.29) is 0 Å². The van der Waals surface area contributed by atoms with Crippen LogP contribution in [0.2, 0.25) is 0 Å². The highest BCUT2D eigenvalue weighted by Crippen LogP contribution is 2.13. The third-order valence-corrected chi connectivity index (χ3v) is 2.44. The summed E-state index contributed by atoms with van der Waals surface area (Å²) in [4.78, 5) is 0. The zero-order valence-electron chi connectivity index (χ0n) is 8.01. The second kappa shape index (κ2) is 3.48. The van der Waals surface area contributed by atoms with Crippen LogP contribution in [0.5, 0.6) is 0 Å². The summed E-state index contributed by atoms with van der Waals surface area (Å²) in [5, 5.41) is 19.4. The maximum atomic E-state index is 9.20. The van der Waals surface area contributed by atoms with Crippen molar-refractivity contribution in [3.05, 3.63) is 30.5 Å². The molecule has 0 bridgehead atoms. The lowest BCUT2D eigenvalue weighted by Gasteiger charge is -2.06. The third-order valence-electron chi connectivity index (χ3n) is 2.44. The van der Waals surface area contributed by atoms with Crippen molar-refractivity contribution < 1.29 is 10.0 Å². The lowest BCUT2D eigenvalue weighted by atomic mass is 9.79. The zero-order chi connectivity index (χ0) is 10.1. The van der Waals surface area contributed by atoms with Gasteiger partial charge in [-0.1, -0.05) is 18.2 Å². The number of fused-ring (bicyclic) bond motifs is 1. The first kappa shape index (κ1) is 9.31. The standard InChI is InChI=1S/C10H12BNO2/c1-2-12-7-6-8-4-3-5-9(10(8)12)11(13)14/h3-7,13-14H,2H2,1H3. The Labute approximate surface area is 82.7 Å². The zero-order valence-corrected chi connectivity index (χ0v) is 8.01. The summed E-state index contributed by atoms with van der Waals surface area (Å²) in [7, 11) is -1.40. The van der Waals surface area contributed by atoms with Gasteiger partial charge in [-0.05, 0) is 18.4 Å². The van der Waals surface area contributed by atoms with Gasteiger partial charge in [-0.2, -0.15) is 0 Å². The van der Waals surface area contributed by atoms with E-state index in [4.69, 9.17) is 0 Å². The number of hydrogen-bond acceptors (Lipinski definition) is 2. The van der Waals surface area contributed by atoms with E-state index in [0.717, 1.165) is 17.4 Å². The smallest absolute Gasteiger partial charge is 0.423 e. The molecule has 1 aromatic heterocycles. The highest BCUT2D eigenvalue weighted by atomic mass is 16.4. The van der Waals surface area contributed by atoms with Gasteiger partial charge in [-0.3, -0.25) is 0 Å². The first-order chi connectivity index (χ1) is 6.74. The summed E-state index contributed by atoms with van der Waals surface area (Å²) in [6.07, 6.45) is 1.95. The average molecular weight is 189 g/mol. The van der Waals surface area contributed by atoms with Gasteiger partial charge in [-0.15, -0.1) is 0 Å². The van der Waals surface area contributed by atoms with Gasteiger partial charge in [0.05, 0.1) is 0 Å². The van der Waals surface area contributed by atoms with E-state index in [2.05, 4.69) is 0 Å². The minimum atomic E-state index is -1.40. The first-order valence-corrected chi connectivity index (χ1v) is 4.68. The number of benzene rings is 1. The van der Waals surface area contributed by atoms with Crippen LogP contribution in [-0.4, -0.2) is 21.7 Å². The number of rotatable bonds is 2.